The van der Waals surface area contributed by atoms with Gasteiger partial charge in [0.2, 0.25) is 0 Å². The molecule has 0 aliphatic heterocycles. The molecule has 0 saturated carbocycles. The Balaban J connectivity index is 1.75. The van der Waals surface area contributed by atoms with Crippen molar-refractivity contribution in [3.05, 3.63) is 82.9 Å². The molecular weight excluding hydrogens is 416 g/mol. The van der Waals surface area contributed by atoms with Gasteiger partial charge >= 0.3 is 0 Å². The fourth-order valence-electron chi connectivity index (χ4n) is 3.12. The maximum Gasteiger partial charge on any atom is 0.261 e. The lowest BCUT2D eigenvalue weighted by atomic mass is 10.1. The van der Waals surface area contributed by atoms with Crippen molar-refractivity contribution in [1.29, 1.82) is 0 Å². The van der Waals surface area contributed by atoms with Gasteiger partial charge in [-0.1, -0.05) is 17.7 Å². The Morgan fingerprint density at radius 3 is 2.29 bits per heavy atom. The van der Waals surface area contributed by atoms with E-state index in [1.54, 1.807) is 43.5 Å². The number of nitrogens with one attached hydrogen (secondary N) is 3. The highest BCUT2D eigenvalue weighted by Crippen LogP contribution is 2.30. The van der Waals surface area contributed by atoms with Crippen molar-refractivity contribution in [2.24, 2.45) is 0 Å². The third kappa shape index (κ3) is 4.22. The van der Waals surface area contributed by atoms with E-state index < -0.39 is 15.6 Å². The number of nitrogens with zero attached hydrogens (tertiary/aromatic N) is 1. The van der Waals surface area contributed by atoms with E-state index in [2.05, 4.69) is 20.0 Å². The topological polar surface area (TPSA) is 113 Å². The van der Waals surface area contributed by atoms with Crippen molar-refractivity contribution in [1.82, 2.24) is 9.97 Å². The Hall–Kier alpha value is -3.85. The van der Waals surface area contributed by atoms with Crippen molar-refractivity contribution < 1.29 is 13.2 Å². The van der Waals surface area contributed by atoms with Gasteiger partial charge in [0.15, 0.2) is 0 Å². The first-order valence-corrected chi connectivity index (χ1v) is 10.9. The summed E-state index contributed by atoms with van der Waals surface area (Å²) in [5.41, 5.74) is 2.23. The fraction of sp³-hybridized carbons (Fsp3) is 0.0909. The minimum atomic E-state index is -3.85. The van der Waals surface area contributed by atoms with Gasteiger partial charge in [-0.3, -0.25) is 9.52 Å². The van der Waals surface area contributed by atoms with Crippen molar-refractivity contribution in [3.8, 4) is 5.75 Å². The van der Waals surface area contributed by atoms with E-state index >= 15 is 0 Å². The van der Waals surface area contributed by atoms with Crippen LogP contribution in [0.4, 0.5) is 17.1 Å². The number of anilines is 3. The van der Waals surface area contributed by atoms with Gasteiger partial charge < -0.3 is 15.0 Å². The van der Waals surface area contributed by atoms with Gasteiger partial charge in [0.05, 0.1) is 35.1 Å². The van der Waals surface area contributed by atoms with Crippen LogP contribution in [0.15, 0.2) is 76.7 Å². The summed E-state index contributed by atoms with van der Waals surface area (Å²) in [5, 5.41) is 3.41. The number of aromatic amines is 1. The molecule has 0 atom stereocenters. The van der Waals surface area contributed by atoms with Gasteiger partial charge in [-0.05, 0) is 55.5 Å². The van der Waals surface area contributed by atoms with E-state index in [1.165, 1.54) is 18.5 Å². The normalized spacial score (nSPS) is 11.3. The van der Waals surface area contributed by atoms with Crippen LogP contribution in [0.2, 0.25) is 0 Å². The quantitative estimate of drug-likeness (QED) is 0.424. The molecule has 1 aromatic heterocycles. The standard InChI is InChI=1S/C22H20N4O4S/c1-14-3-9-17(10-4-14)31(28,29)26-19-12-11-18(20-21(19)23-13-24-22(20)27)25-15-5-7-16(30-2)8-6-15/h3-13,25-26H,1-2H3,(H,23,24,27). The molecule has 0 spiro atoms. The number of benzene rings is 3. The van der Waals surface area contributed by atoms with Gasteiger partial charge in [-0.15, -0.1) is 0 Å². The number of aromatic nitrogens is 2. The number of fused-ring (bicyclic) bond motifs is 1. The molecule has 9 heteroatoms. The second-order valence-corrected chi connectivity index (χ2v) is 8.57. The van der Waals surface area contributed by atoms with Crippen molar-refractivity contribution >= 4 is 38.0 Å². The molecule has 4 rings (SSSR count). The second-order valence-electron chi connectivity index (χ2n) is 6.89. The summed E-state index contributed by atoms with van der Waals surface area (Å²) in [5.74, 6) is 0.704. The molecular formula is C22H20N4O4S. The van der Waals surface area contributed by atoms with Crippen LogP contribution in [0.3, 0.4) is 0 Å². The molecule has 0 unspecified atom stereocenters. The minimum absolute atomic E-state index is 0.122. The van der Waals surface area contributed by atoms with Crippen LogP contribution in [0, 0.1) is 6.92 Å². The highest BCUT2D eigenvalue weighted by molar-refractivity contribution is 7.92. The van der Waals surface area contributed by atoms with Crippen molar-refractivity contribution in [3.63, 3.8) is 0 Å². The number of ether oxygens (including phenoxy) is 1. The average molecular weight is 436 g/mol. The molecule has 0 bridgehead atoms. The zero-order chi connectivity index (χ0) is 22.0. The number of rotatable bonds is 6. The largest absolute Gasteiger partial charge is 0.497 e. The highest BCUT2D eigenvalue weighted by Gasteiger charge is 2.18. The molecule has 31 heavy (non-hydrogen) atoms. The molecule has 8 nitrogen and oxygen atoms in total. The summed E-state index contributed by atoms with van der Waals surface area (Å²) in [4.78, 5) is 19.5. The SMILES string of the molecule is COc1ccc(Nc2ccc(NS(=O)(=O)c3ccc(C)cc3)c3nc[nH]c(=O)c23)cc1. The monoisotopic (exact) mass is 436 g/mol. The van der Waals surface area contributed by atoms with Crippen LogP contribution >= 0.6 is 0 Å². The second kappa shape index (κ2) is 8.11. The Kier molecular flexibility index (Phi) is 5.35. The lowest BCUT2D eigenvalue weighted by Crippen LogP contribution is -2.15. The molecule has 158 valence electrons. The Morgan fingerprint density at radius 2 is 1.61 bits per heavy atom. The van der Waals surface area contributed by atoms with Gasteiger partial charge in [0.1, 0.15) is 11.3 Å². The van der Waals surface area contributed by atoms with Gasteiger partial charge in [0.25, 0.3) is 15.6 Å². The maximum absolute atomic E-state index is 12.8. The summed E-state index contributed by atoms with van der Waals surface area (Å²) in [6.07, 6.45) is 1.24. The lowest BCUT2D eigenvalue weighted by molar-refractivity contribution is 0.415. The lowest BCUT2D eigenvalue weighted by Gasteiger charge is -2.14. The number of methoxy groups -OCH3 is 1. The van der Waals surface area contributed by atoms with Crippen LogP contribution < -0.4 is 20.3 Å². The molecule has 3 aromatic carbocycles. The molecule has 0 aliphatic carbocycles. The summed E-state index contributed by atoms with van der Waals surface area (Å²) in [6.45, 7) is 1.88. The predicted octanol–water partition coefficient (Wildman–Crippen LogP) is 3.78. The van der Waals surface area contributed by atoms with Crippen molar-refractivity contribution in [2.75, 3.05) is 17.1 Å². The highest BCUT2D eigenvalue weighted by atomic mass is 32.2. The van der Waals surface area contributed by atoms with Gasteiger partial charge in [0, 0.05) is 5.69 Å². The molecule has 1 heterocycles. The number of sulfonamides is 1. The summed E-state index contributed by atoms with van der Waals surface area (Å²) >= 11 is 0. The molecule has 0 aliphatic rings. The molecule has 3 N–H and O–H groups in total. The van der Waals surface area contributed by atoms with Crippen LogP contribution in [0.1, 0.15) is 5.56 Å². The number of hydrogen-bond donors (Lipinski definition) is 3. The van der Waals surface area contributed by atoms with E-state index in [1.807, 2.05) is 19.1 Å². The molecule has 0 radical (unpaired) electrons. The number of H-pyrrole nitrogens is 1. The fourth-order valence-corrected chi connectivity index (χ4v) is 4.19. The molecule has 0 fully saturated rings. The van der Waals surface area contributed by atoms with Gasteiger partial charge in [-0.2, -0.15) is 0 Å². The third-order valence-corrected chi connectivity index (χ3v) is 6.12. The zero-order valence-electron chi connectivity index (χ0n) is 16.8. The molecule has 4 aromatic rings. The number of aryl methyl sites for hydroxylation is 1. The molecule has 0 saturated heterocycles. The van der Waals surface area contributed by atoms with Crippen molar-refractivity contribution in [2.45, 2.75) is 11.8 Å². The zero-order valence-corrected chi connectivity index (χ0v) is 17.7. The van der Waals surface area contributed by atoms with Crippen LogP contribution in [0.25, 0.3) is 10.9 Å². The minimum Gasteiger partial charge on any atom is -0.497 e. The Labute approximate surface area is 179 Å². The first-order valence-electron chi connectivity index (χ1n) is 9.38. The number of hydrogen-bond acceptors (Lipinski definition) is 6. The first-order chi connectivity index (χ1) is 14.9. The molecule has 0 amide bonds. The Bertz CT molecular complexity index is 1400. The summed E-state index contributed by atoms with van der Waals surface area (Å²) in [7, 11) is -2.27. The van der Waals surface area contributed by atoms with Crippen LogP contribution in [-0.2, 0) is 10.0 Å². The predicted molar refractivity (Wildman–Crippen MR) is 121 cm³/mol. The Morgan fingerprint density at radius 1 is 0.935 bits per heavy atom. The van der Waals surface area contributed by atoms with Gasteiger partial charge in [-0.25, -0.2) is 13.4 Å². The van der Waals surface area contributed by atoms with E-state index in [-0.39, 0.29) is 21.5 Å². The van der Waals surface area contributed by atoms with E-state index in [4.69, 9.17) is 4.74 Å². The van der Waals surface area contributed by atoms with E-state index in [9.17, 15) is 13.2 Å². The average Bonchev–Trinajstić information content (AvgIpc) is 2.76. The van der Waals surface area contributed by atoms with E-state index in [0.29, 0.717) is 11.4 Å². The van der Waals surface area contributed by atoms with E-state index in [0.717, 1.165) is 11.3 Å². The summed E-state index contributed by atoms with van der Waals surface area (Å²) < 4.78 is 33.4. The summed E-state index contributed by atoms with van der Waals surface area (Å²) in [6, 6.07) is 16.9. The smallest absolute Gasteiger partial charge is 0.261 e. The first kappa shape index (κ1) is 20.4. The third-order valence-electron chi connectivity index (χ3n) is 4.74. The van der Waals surface area contributed by atoms with Crippen LogP contribution in [0.5, 0.6) is 5.75 Å². The van der Waals surface area contributed by atoms with Crippen LogP contribution in [-0.4, -0.2) is 25.5 Å². The maximum atomic E-state index is 12.8.